The third-order valence-electron chi connectivity index (χ3n) is 2.82. The molecule has 0 aromatic carbocycles. The Kier molecular flexibility index (Phi) is 2.37. The summed E-state index contributed by atoms with van der Waals surface area (Å²) in [5.41, 5.74) is 0.323. The molecule has 0 spiro atoms. The van der Waals surface area contributed by atoms with Gasteiger partial charge in [-0.3, -0.25) is 4.79 Å². The number of likely N-dealkylation sites (tertiary alicyclic amines) is 1. The maximum atomic E-state index is 11.7. The van der Waals surface area contributed by atoms with E-state index in [9.17, 15) is 9.59 Å². The van der Waals surface area contributed by atoms with E-state index in [1.54, 1.807) is 18.9 Å². The number of carboxylic acid groups (broad SMARTS) is 1. The third kappa shape index (κ3) is 1.44. The quantitative estimate of drug-likeness (QED) is 0.744. The second-order valence-electron chi connectivity index (χ2n) is 3.84. The maximum Gasteiger partial charge on any atom is 0.358 e. The zero-order valence-corrected chi connectivity index (χ0v) is 9.04. The van der Waals surface area contributed by atoms with Crippen LogP contribution in [0.5, 0.6) is 0 Å². The number of hydrogen-bond acceptors (Lipinski definition) is 4. The summed E-state index contributed by atoms with van der Waals surface area (Å²) in [6.07, 6.45) is 0.637. The topological polar surface area (TPSA) is 88.3 Å². The lowest BCUT2D eigenvalue weighted by molar-refractivity contribution is -0.129. The highest BCUT2D eigenvalue weighted by Gasteiger charge is 2.33. The lowest BCUT2D eigenvalue weighted by atomic mass is 10.2. The fourth-order valence-corrected chi connectivity index (χ4v) is 1.87. The molecule has 1 aromatic heterocycles. The summed E-state index contributed by atoms with van der Waals surface area (Å²) in [5.74, 6) is -1.17. The molecular weight excluding hydrogens is 212 g/mol. The molecule has 7 heteroatoms. The highest BCUT2D eigenvalue weighted by molar-refractivity contribution is 5.87. The van der Waals surface area contributed by atoms with Gasteiger partial charge in [0, 0.05) is 13.6 Å². The van der Waals surface area contributed by atoms with E-state index in [2.05, 4.69) is 10.3 Å². The second kappa shape index (κ2) is 3.58. The van der Waals surface area contributed by atoms with E-state index in [1.807, 2.05) is 0 Å². The highest BCUT2D eigenvalue weighted by atomic mass is 16.4. The number of rotatable bonds is 2. The van der Waals surface area contributed by atoms with Gasteiger partial charge in [-0.15, -0.1) is 5.10 Å². The van der Waals surface area contributed by atoms with Crippen molar-refractivity contribution in [2.75, 3.05) is 13.6 Å². The van der Waals surface area contributed by atoms with Crippen molar-refractivity contribution in [1.82, 2.24) is 19.9 Å². The molecule has 1 aromatic rings. The van der Waals surface area contributed by atoms with Gasteiger partial charge in [-0.1, -0.05) is 5.21 Å². The van der Waals surface area contributed by atoms with Crippen molar-refractivity contribution in [2.24, 2.45) is 0 Å². The van der Waals surface area contributed by atoms with Crippen LogP contribution in [0.3, 0.4) is 0 Å². The number of amides is 1. The van der Waals surface area contributed by atoms with Gasteiger partial charge < -0.3 is 10.0 Å². The first-order chi connectivity index (χ1) is 7.52. The van der Waals surface area contributed by atoms with Crippen LogP contribution >= 0.6 is 0 Å². The van der Waals surface area contributed by atoms with Gasteiger partial charge in [0.05, 0.1) is 5.69 Å². The Morgan fingerprint density at radius 1 is 1.56 bits per heavy atom. The van der Waals surface area contributed by atoms with Crippen LogP contribution in [0.4, 0.5) is 0 Å². The first kappa shape index (κ1) is 10.6. The van der Waals surface area contributed by atoms with E-state index in [-0.39, 0.29) is 11.6 Å². The average molecular weight is 224 g/mol. The van der Waals surface area contributed by atoms with E-state index < -0.39 is 12.0 Å². The van der Waals surface area contributed by atoms with Gasteiger partial charge in [-0.25, -0.2) is 9.48 Å². The number of carbonyl (C=O) groups excluding carboxylic acids is 1. The van der Waals surface area contributed by atoms with Crippen molar-refractivity contribution in [1.29, 1.82) is 0 Å². The fourth-order valence-electron chi connectivity index (χ4n) is 1.87. The SMILES string of the molecule is Cc1c(C(=O)O)nnn1C1CCN(C)C1=O. The van der Waals surface area contributed by atoms with Crippen LogP contribution in [0.25, 0.3) is 0 Å². The summed E-state index contributed by atoms with van der Waals surface area (Å²) >= 11 is 0. The summed E-state index contributed by atoms with van der Waals surface area (Å²) in [6, 6.07) is -0.411. The smallest absolute Gasteiger partial charge is 0.358 e. The van der Waals surface area contributed by atoms with Crippen molar-refractivity contribution in [3.05, 3.63) is 11.4 Å². The molecule has 1 unspecified atom stereocenters. The summed E-state index contributed by atoms with van der Waals surface area (Å²) < 4.78 is 1.40. The number of carboxylic acids is 1. The Bertz CT molecular complexity index is 454. The van der Waals surface area contributed by atoms with E-state index in [0.717, 1.165) is 0 Å². The number of aromatic nitrogens is 3. The molecule has 86 valence electrons. The molecule has 1 aliphatic heterocycles. The number of likely N-dealkylation sites (N-methyl/N-ethyl adjacent to an activating group) is 1. The molecule has 7 nitrogen and oxygen atoms in total. The molecule has 0 bridgehead atoms. The fraction of sp³-hybridized carbons (Fsp3) is 0.556. The summed E-state index contributed by atoms with van der Waals surface area (Å²) in [5, 5.41) is 16.1. The first-order valence-electron chi connectivity index (χ1n) is 4.92. The van der Waals surface area contributed by atoms with Gasteiger partial charge >= 0.3 is 5.97 Å². The largest absolute Gasteiger partial charge is 0.476 e. The second-order valence-corrected chi connectivity index (χ2v) is 3.84. The molecule has 1 atom stereocenters. The first-order valence-corrected chi connectivity index (χ1v) is 4.92. The number of aromatic carboxylic acids is 1. The molecule has 16 heavy (non-hydrogen) atoms. The third-order valence-corrected chi connectivity index (χ3v) is 2.82. The van der Waals surface area contributed by atoms with Gasteiger partial charge in [-0.05, 0) is 13.3 Å². The Hall–Kier alpha value is -1.92. The molecule has 1 aliphatic rings. The maximum absolute atomic E-state index is 11.7. The zero-order valence-electron chi connectivity index (χ0n) is 9.04. The molecule has 0 radical (unpaired) electrons. The van der Waals surface area contributed by atoms with Crippen LogP contribution in [0.2, 0.25) is 0 Å². The molecule has 2 rings (SSSR count). The number of hydrogen-bond donors (Lipinski definition) is 1. The predicted molar refractivity (Wildman–Crippen MR) is 53.0 cm³/mol. The molecule has 1 amide bonds. The molecular formula is C9H12N4O3. The van der Waals surface area contributed by atoms with Gasteiger partial charge in [-0.2, -0.15) is 0 Å². The Morgan fingerprint density at radius 3 is 2.69 bits per heavy atom. The van der Waals surface area contributed by atoms with Crippen LogP contribution in [0.1, 0.15) is 28.6 Å². The summed E-state index contributed by atoms with van der Waals surface area (Å²) in [6.45, 7) is 2.26. The number of carbonyl (C=O) groups is 2. The monoisotopic (exact) mass is 224 g/mol. The Balaban J connectivity index is 2.35. The van der Waals surface area contributed by atoms with Crippen molar-refractivity contribution >= 4 is 11.9 Å². The van der Waals surface area contributed by atoms with Crippen LogP contribution in [0.15, 0.2) is 0 Å². The van der Waals surface area contributed by atoms with Gasteiger partial charge in [0.1, 0.15) is 6.04 Å². The van der Waals surface area contributed by atoms with Gasteiger partial charge in [0.15, 0.2) is 5.69 Å². The highest BCUT2D eigenvalue weighted by Crippen LogP contribution is 2.23. The molecule has 1 N–H and O–H groups in total. The van der Waals surface area contributed by atoms with E-state index in [1.165, 1.54) is 4.68 Å². The molecule has 2 heterocycles. The van der Waals surface area contributed by atoms with Gasteiger partial charge in [0.2, 0.25) is 5.91 Å². The normalized spacial score (nSPS) is 20.5. The van der Waals surface area contributed by atoms with E-state index in [0.29, 0.717) is 18.7 Å². The predicted octanol–water partition coefficient (Wildman–Crippen LogP) is -0.312. The zero-order chi connectivity index (χ0) is 11.9. The van der Waals surface area contributed by atoms with Crippen LogP contribution < -0.4 is 0 Å². The van der Waals surface area contributed by atoms with E-state index in [4.69, 9.17) is 5.11 Å². The lowest BCUT2D eigenvalue weighted by Gasteiger charge is -2.11. The summed E-state index contributed by atoms with van der Waals surface area (Å²) in [7, 11) is 1.71. The van der Waals surface area contributed by atoms with E-state index >= 15 is 0 Å². The molecule has 1 fully saturated rings. The van der Waals surface area contributed by atoms with Crippen LogP contribution in [-0.2, 0) is 4.79 Å². The Morgan fingerprint density at radius 2 is 2.25 bits per heavy atom. The molecule has 0 aliphatic carbocycles. The van der Waals surface area contributed by atoms with Crippen LogP contribution in [0, 0.1) is 6.92 Å². The minimum atomic E-state index is -1.12. The van der Waals surface area contributed by atoms with Crippen LogP contribution in [-0.4, -0.2) is 50.5 Å². The van der Waals surface area contributed by atoms with Crippen molar-refractivity contribution < 1.29 is 14.7 Å². The van der Waals surface area contributed by atoms with Gasteiger partial charge in [0.25, 0.3) is 0 Å². The summed E-state index contributed by atoms with van der Waals surface area (Å²) in [4.78, 5) is 24.1. The average Bonchev–Trinajstić information content (AvgIpc) is 2.73. The minimum absolute atomic E-state index is 0.0510. The standard InChI is InChI=1S/C9H12N4O3/c1-5-7(9(15)16)10-11-13(5)6-3-4-12(2)8(6)14/h6H,3-4H2,1-2H3,(H,15,16). The lowest BCUT2D eigenvalue weighted by Crippen LogP contribution is -2.25. The molecule has 1 saturated heterocycles. The van der Waals surface area contributed by atoms with Crippen molar-refractivity contribution in [3.63, 3.8) is 0 Å². The number of nitrogens with zero attached hydrogens (tertiary/aromatic N) is 4. The minimum Gasteiger partial charge on any atom is -0.476 e. The van der Waals surface area contributed by atoms with Crippen molar-refractivity contribution in [3.8, 4) is 0 Å². The molecule has 0 saturated carbocycles. The Labute approximate surface area is 91.7 Å². The van der Waals surface area contributed by atoms with Crippen molar-refractivity contribution in [2.45, 2.75) is 19.4 Å².